The monoisotopic (exact) mass is 397 g/mol. The van der Waals surface area contributed by atoms with Gasteiger partial charge in [0.15, 0.2) is 0 Å². The molecule has 1 aromatic carbocycles. The Morgan fingerprint density at radius 2 is 1.90 bits per heavy atom. The quantitative estimate of drug-likeness (QED) is 0.622. The van der Waals surface area contributed by atoms with E-state index < -0.39 is 29.4 Å². The third kappa shape index (κ3) is 2.41. The van der Waals surface area contributed by atoms with Gasteiger partial charge < -0.3 is 20.5 Å². The number of nitrogens with two attached hydrogens (primary N) is 1. The summed E-state index contributed by atoms with van der Waals surface area (Å²) < 4.78 is 0. The number of imide groups is 1. The van der Waals surface area contributed by atoms with E-state index in [2.05, 4.69) is 5.32 Å². The summed E-state index contributed by atoms with van der Waals surface area (Å²) in [5, 5.41) is 15.7. The average Bonchev–Trinajstić information content (AvgIpc) is 3.42. The zero-order valence-corrected chi connectivity index (χ0v) is 15.9. The fraction of sp³-hybridized carbons (Fsp3) is 0.524. The van der Waals surface area contributed by atoms with Crippen LogP contribution in [0.15, 0.2) is 24.3 Å². The van der Waals surface area contributed by atoms with Gasteiger partial charge in [-0.2, -0.15) is 0 Å². The molecule has 0 bridgehead atoms. The summed E-state index contributed by atoms with van der Waals surface area (Å²) in [5.41, 5.74) is 0.121. The molecular weight excluding hydrogens is 374 g/mol. The van der Waals surface area contributed by atoms with Gasteiger partial charge in [-0.15, -0.1) is 0 Å². The predicted molar refractivity (Wildman–Crippen MR) is 97.8 cm³/mol. The van der Waals surface area contributed by atoms with E-state index in [4.69, 9.17) is 0 Å². The first-order chi connectivity index (χ1) is 13.9. The fourth-order valence-electron chi connectivity index (χ4n) is 6.01. The van der Waals surface area contributed by atoms with E-state index in [0.29, 0.717) is 11.3 Å². The van der Waals surface area contributed by atoms with Crippen LogP contribution in [-0.2, 0) is 24.7 Å². The van der Waals surface area contributed by atoms with Crippen molar-refractivity contribution in [2.45, 2.75) is 56.1 Å². The van der Waals surface area contributed by atoms with Gasteiger partial charge in [-0.1, -0.05) is 31.0 Å². The van der Waals surface area contributed by atoms with Crippen LogP contribution in [0.2, 0.25) is 0 Å². The summed E-state index contributed by atoms with van der Waals surface area (Å²) in [6, 6.07) is 6.66. The van der Waals surface area contributed by atoms with Crippen molar-refractivity contribution in [1.82, 2.24) is 4.90 Å². The molecule has 1 aliphatic carbocycles. The second kappa shape index (κ2) is 6.38. The van der Waals surface area contributed by atoms with Gasteiger partial charge in [-0.25, -0.2) is 0 Å². The number of likely N-dealkylation sites (tertiary alicyclic amines) is 1. The number of nitrogens with zero attached hydrogens (tertiary/aromatic N) is 1. The molecular formula is C21H23N3O5. The molecule has 0 unspecified atom stereocenters. The second-order valence-corrected chi connectivity index (χ2v) is 8.60. The number of amides is 3. The number of para-hydroxylation sites is 1. The summed E-state index contributed by atoms with van der Waals surface area (Å²) in [4.78, 5) is 52.6. The number of anilines is 1. The van der Waals surface area contributed by atoms with Crippen molar-refractivity contribution in [1.29, 1.82) is 0 Å². The third-order valence-corrected chi connectivity index (χ3v) is 7.18. The lowest BCUT2D eigenvalue weighted by atomic mass is 9.76. The molecule has 3 N–H and O–H groups in total. The maximum absolute atomic E-state index is 13.6. The first-order valence-electron chi connectivity index (χ1n) is 10.3. The minimum absolute atomic E-state index is 0.112. The zero-order valence-electron chi connectivity index (χ0n) is 15.9. The van der Waals surface area contributed by atoms with Gasteiger partial charge in [-0.3, -0.25) is 19.3 Å². The zero-order chi connectivity index (χ0) is 20.3. The number of hydrogen-bond acceptors (Lipinski definition) is 5. The lowest BCUT2D eigenvalue weighted by Gasteiger charge is -2.28. The fourth-order valence-corrected chi connectivity index (χ4v) is 6.01. The molecule has 1 aromatic rings. The van der Waals surface area contributed by atoms with E-state index >= 15 is 0 Å². The third-order valence-electron chi connectivity index (χ3n) is 7.18. The SMILES string of the molecule is O=C([O-])CC[C@H]1[NH2+][C@]2(C(=O)Nc3ccccc32)[C@@H]2C(=O)N(C3CCCC3)C(=O)[C@@H]21. The molecule has 3 fully saturated rings. The molecule has 0 radical (unpaired) electrons. The van der Waals surface area contributed by atoms with Gasteiger partial charge in [0.2, 0.25) is 17.4 Å². The first-order valence-corrected chi connectivity index (χ1v) is 10.3. The summed E-state index contributed by atoms with van der Waals surface area (Å²) >= 11 is 0. The van der Waals surface area contributed by atoms with Crippen molar-refractivity contribution in [3.8, 4) is 0 Å². The van der Waals surface area contributed by atoms with Gasteiger partial charge in [0.25, 0.3) is 5.91 Å². The van der Waals surface area contributed by atoms with E-state index in [-0.39, 0.29) is 36.6 Å². The van der Waals surface area contributed by atoms with E-state index in [1.807, 2.05) is 18.2 Å². The lowest BCUT2D eigenvalue weighted by Crippen LogP contribution is -2.99. The maximum atomic E-state index is 13.6. The number of rotatable bonds is 4. The van der Waals surface area contributed by atoms with Crippen molar-refractivity contribution >= 4 is 29.4 Å². The van der Waals surface area contributed by atoms with Crippen LogP contribution in [0.5, 0.6) is 0 Å². The largest absolute Gasteiger partial charge is 0.550 e. The van der Waals surface area contributed by atoms with Gasteiger partial charge >= 0.3 is 0 Å². The molecule has 29 heavy (non-hydrogen) atoms. The highest BCUT2D eigenvalue weighted by Gasteiger charge is 2.74. The Hall–Kier alpha value is -2.74. The molecule has 152 valence electrons. The predicted octanol–water partition coefficient (Wildman–Crippen LogP) is -1.15. The molecule has 4 aliphatic rings. The number of carbonyl (C=O) groups is 4. The Morgan fingerprint density at radius 3 is 2.62 bits per heavy atom. The molecule has 1 saturated carbocycles. The number of fused-ring (bicyclic) bond motifs is 4. The topological polar surface area (TPSA) is 123 Å². The molecule has 0 aromatic heterocycles. The second-order valence-electron chi connectivity index (χ2n) is 8.60. The summed E-state index contributed by atoms with van der Waals surface area (Å²) in [6.45, 7) is 0. The van der Waals surface area contributed by atoms with Gasteiger partial charge in [-0.05, 0) is 25.3 Å². The number of carboxylic acid groups (broad SMARTS) is 1. The van der Waals surface area contributed by atoms with Crippen molar-refractivity contribution in [3.05, 3.63) is 29.8 Å². The maximum Gasteiger partial charge on any atom is 0.291 e. The van der Waals surface area contributed by atoms with Crippen molar-refractivity contribution < 1.29 is 29.6 Å². The van der Waals surface area contributed by atoms with E-state index in [1.165, 1.54) is 4.90 Å². The Labute approximate surface area is 167 Å². The Bertz CT molecular complexity index is 925. The van der Waals surface area contributed by atoms with Crippen LogP contribution >= 0.6 is 0 Å². The van der Waals surface area contributed by atoms with Crippen LogP contribution in [0.3, 0.4) is 0 Å². The van der Waals surface area contributed by atoms with Gasteiger partial charge in [0.1, 0.15) is 17.9 Å². The van der Waals surface area contributed by atoms with Crippen LogP contribution < -0.4 is 15.7 Å². The van der Waals surface area contributed by atoms with Gasteiger partial charge in [0.05, 0.1) is 5.69 Å². The summed E-state index contributed by atoms with van der Waals surface area (Å²) in [5.74, 6) is -3.55. The number of quaternary nitrogens is 1. The molecule has 4 atom stereocenters. The Kier molecular flexibility index (Phi) is 4.03. The van der Waals surface area contributed by atoms with E-state index in [0.717, 1.165) is 25.7 Å². The molecule has 3 aliphatic heterocycles. The van der Waals surface area contributed by atoms with Crippen molar-refractivity contribution in [2.24, 2.45) is 11.8 Å². The molecule has 8 nitrogen and oxygen atoms in total. The molecule has 1 spiro atoms. The standard InChI is InChI=1S/C21H23N3O5/c25-15(26)10-9-14-16-17(19(28)24(18(16)27)11-5-1-2-6-11)21(23-14)12-7-3-4-8-13(12)22-20(21)29/h3-4,7-8,11,14,16-17,23H,1-2,5-6,9-10H2,(H,22,29)(H,25,26)/t14-,16-,17+,21+/m1/s1. The molecule has 3 heterocycles. The van der Waals surface area contributed by atoms with Crippen LogP contribution in [0, 0.1) is 11.8 Å². The Morgan fingerprint density at radius 1 is 1.17 bits per heavy atom. The minimum Gasteiger partial charge on any atom is -0.550 e. The van der Waals surface area contributed by atoms with Gasteiger partial charge in [0, 0.05) is 24.0 Å². The first kappa shape index (κ1) is 18.3. The van der Waals surface area contributed by atoms with Crippen LogP contribution in [0.25, 0.3) is 0 Å². The number of hydrogen-bond donors (Lipinski definition) is 2. The highest BCUT2D eigenvalue weighted by atomic mass is 16.4. The van der Waals surface area contributed by atoms with Crippen LogP contribution in [0.1, 0.15) is 44.1 Å². The van der Waals surface area contributed by atoms with E-state index in [1.54, 1.807) is 11.4 Å². The lowest BCUT2D eigenvalue weighted by molar-refractivity contribution is -0.734. The van der Waals surface area contributed by atoms with E-state index in [9.17, 15) is 24.3 Å². The van der Waals surface area contributed by atoms with Crippen LogP contribution in [0.4, 0.5) is 5.69 Å². The summed E-state index contributed by atoms with van der Waals surface area (Å²) in [6.07, 6.45) is 3.50. The number of aliphatic carboxylic acids is 1. The number of benzene rings is 1. The smallest absolute Gasteiger partial charge is 0.291 e. The molecule has 2 saturated heterocycles. The molecule has 5 rings (SSSR count). The van der Waals surface area contributed by atoms with Crippen molar-refractivity contribution in [2.75, 3.05) is 5.32 Å². The normalized spacial score (nSPS) is 33.4. The van der Waals surface area contributed by atoms with Crippen LogP contribution in [-0.4, -0.2) is 40.7 Å². The number of carbonyl (C=O) groups excluding carboxylic acids is 4. The van der Waals surface area contributed by atoms with Crippen molar-refractivity contribution in [3.63, 3.8) is 0 Å². The molecule has 3 amide bonds. The average molecular weight is 397 g/mol. The highest BCUT2D eigenvalue weighted by Crippen LogP contribution is 2.50. The highest BCUT2D eigenvalue weighted by molar-refractivity contribution is 6.14. The molecule has 8 heteroatoms. The minimum atomic E-state index is -1.22. The Balaban J connectivity index is 1.61. The number of carboxylic acids is 1. The number of nitrogens with one attached hydrogen (secondary N) is 1. The summed E-state index contributed by atoms with van der Waals surface area (Å²) in [7, 11) is 0.